The Morgan fingerprint density at radius 3 is 2.50 bits per heavy atom. The Morgan fingerprint density at radius 2 is 2.00 bits per heavy atom. The largest absolute Gasteiger partial charge is 0.314 e. The van der Waals surface area contributed by atoms with Crippen LogP contribution in [0.3, 0.4) is 0 Å². The topological polar surface area (TPSA) is 12.0 Å². The molecule has 2 saturated carbocycles. The molecule has 1 unspecified atom stereocenters. The van der Waals surface area contributed by atoms with Gasteiger partial charge in [0, 0.05) is 6.04 Å². The van der Waals surface area contributed by atoms with Crippen LogP contribution in [0.25, 0.3) is 0 Å². The zero-order valence-corrected chi connectivity index (χ0v) is 8.40. The third kappa shape index (κ3) is 1.82. The summed E-state index contributed by atoms with van der Waals surface area (Å²) in [5, 5.41) is 3.65. The predicted octanol–water partition coefficient (Wildman–Crippen LogP) is 2.56. The van der Waals surface area contributed by atoms with Gasteiger partial charge in [-0.15, -0.1) is 0 Å². The van der Waals surface area contributed by atoms with Gasteiger partial charge in [-0.25, -0.2) is 0 Å². The van der Waals surface area contributed by atoms with E-state index < -0.39 is 0 Å². The van der Waals surface area contributed by atoms with Gasteiger partial charge in [0.15, 0.2) is 0 Å². The van der Waals surface area contributed by atoms with Gasteiger partial charge in [0.25, 0.3) is 0 Å². The van der Waals surface area contributed by atoms with E-state index in [0.717, 1.165) is 12.0 Å². The number of hydrogen-bond donors (Lipinski definition) is 1. The predicted molar refractivity (Wildman–Crippen MR) is 52.1 cm³/mol. The third-order valence-corrected chi connectivity index (χ3v) is 3.71. The van der Waals surface area contributed by atoms with Crippen molar-refractivity contribution in [2.24, 2.45) is 11.3 Å². The van der Waals surface area contributed by atoms with Crippen molar-refractivity contribution in [3.8, 4) is 0 Å². The summed E-state index contributed by atoms with van der Waals surface area (Å²) in [6.45, 7) is 6.14. The molecule has 1 N–H and O–H groups in total. The molecule has 2 rings (SSSR count). The summed E-state index contributed by atoms with van der Waals surface area (Å²) in [5.41, 5.74) is 0.613. The van der Waals surface area contributed by atoms with Crippen LogP contribution in [-0.4, -0.2) is 12.6 Å². The van der Waals surface area contributed by atoms with Crippen molar-refractivity contribution in [3.63, 3.8) is 0 Å². The Bertz CT molecular complexity index is 158. The highest BCUT2D eigenvalue weighted by Crippen LogP contribution is 2.42. The zero-order chi connectivity index (χ0) is 8.60. The van der Waals surface area contributed by atoms with Crippen molar-refractivity contribution in [1.29, 1.82) is 0 Å². The maximum atomic E-state index is 3.65. The van der Waals surface area contributed by atoms with Crippen molar-refractivity contribution in [1.82, 2.24) is 5.32 Å². The SMILES string of the molecule is CC1(C)CCCC1CNC1CC1. The van der Waals surface area contributed by atoms with E-state index in [9.17, 15) is 0 Å². The smallest absolute Gasteiger partial charge is 0.00683 e. The molecule has 0 aromatic heterocycles. The normalized spacial score (nSPS) is 34.0. The van der Waals surface area contributed by atoms with Gasteiger partial charge in [-0.2, -0.15) is 0 Å². The Morgan fingerprint density at radius 1 is 1.25 bits per heavy atom. The molecule has 2 aliphatic carbocycles. The van der Waals surface area contributed by atoms with Gasteiger partial charge in [0.2, 0.25) is 0 Å². The maximum absolute atomic E-state index is 3.65. The average Bonchev–Trinajstić information content (AvgIpc) is 2.74. The summed E-state index contributed by atoms with van der Waals surface area (Å²) < 4.78 is 0. The Balaban J connectivity index is 1.77. The molecule has 0 bridgehead atoms. The van der Waals surface area contributed by atoms with Crippen LogP contribution < -0.4 is 5.32 Å². The fraction of sp³-hybridized carbons (Fsp3) is 1.00. The Hall–Kier alpha value is -0.0400. The van der Waals surface area contributed by atoms with Crippen LogP contribution in [0.4, 0.5) is 0 Å². The molecule has 2 aliphatic rings. The minimum Gasteiger partial charge on any atom is -0.314 e. The van der Waals surface area contributed by atoms with Crippen LogP contribution >= 0.6 is 0 Å². The van der Waals surface area contributed by atoms with E-state index in [4.69, 9.17) is 0 Å². The van der Waals surface area contributed by atoms with E-state index >= 15 is 0 Å². The van der Waals surface area contributed by atoms with Gasteiger partial charge in [-0.3, -0.25) is 0 Å². The molecule has 0 amide bonds. The van der Waals surface area contributed by atoms with Crippen molar-refractivity contribution < 1.29 is 0 Å². The second-order valence-corrected chi connectivity index (χ2v) is 5.26. The van der Waals surface area contributed by atoms with Crippen LogP contribution in [0.5, 0.6) is 0 Å². The molecule has 0 saturated heterocycles. The highest BCUT2D eigenvalue weighted by atomic mass is 14.9. The summed E-state index contributed by atoms with van der Waals surface area (Å²) in [6.07, 6.45) is 7.18. The minimum atomic E-state index is 0.613. The molecule has 0 aromatic carbocycles. The molecular formula is C11H21N. The van der Waals surface area contributed by atoms with Gasteiger partial charge >= 0.3 is 0 Å². The van der Waals surface area contributed by atoms with Gasteiger partial charge < -0.3 is 5.32 Å². The first-order chi connectivity index (χ1) is 5.68. The van der Waals surface area contributed by atoms with Crippen molar-refractivity contribution in [2.45, 2.75) is 52.0 Å². The second kappa shape index (κ2) is 3.02. The minimum absolute atomic E-state index is 0.613. The van der Waals surface area contributed by atoms with Gasteiger partial charge in [-0.1, -0.05) is 20.3 Å². The number of rotatable bonds is 3. The highest BCUT2D eigenvalue weighted by Gasteiger charge is 2.35. The fourth-order valence-electron chi connectivity index (χ4n) is 2.37. The molecule has 0 spiro atoms. The van der Waals surface area contributed by atoms with E-state index in [2.05, 4.69) is 19.2 Å². The summed E-state index contributed by atoms with van der Waals surface area (Å²) >= 11 is 0. The lowest BCUT2D eigenvalue weighted by Gasteiger charge is -2.27. The lowest BCUT2D eigenvalue weighted by Crippen LogP contribution is -2.30. The monoisotopic (exact) mass is 167 g/mol. The van der Waals surface area contributed by atoms with Crippen molar-refractivity contribution in [2.75, 3.05) is 6.54 Å². The van der Waals surface area contributed by atoms with E-state index in [1.54, 1.807) is 0 Å². The van der Waals surface area contributed by atoms with Gasteiger partial charge in [-0.05, 0) is 43.6 Å². The number of nitrogens with one attached hydrogen (secondary N) is 1. The highest BCUT2D eigenvalue weighted by molar-refractivity contribution is 4.89. The maximum Gasteiger partial charge on any atom is 0.00683 e. The van der Waals surface area contributed by atoms with Crippen molar-refractivity contribution >= 4 is 0 Å². The molecule has 0 radical (unpaired) electrons. The molecule has 0 aromatic rings. The molecule has 12 heavy (non-hydrogen) atoms. The number of hydrogen-bond acceptors (Lipinski definition) is 1. The second-order valence-electron chi connectivity index (χ2n) is 5.26. The van der Waals surface area contributed by atoms with Gasteiger partial charge in [0.1, 0.15) is 0 Å². The molecule has 2 fully saturated rings. The van der Waals surface area contributed by atoms with E-state index in [0.29, 0.717) is 5.41 Å². The van der Waals surface area contributed by atoms with Crippen LogP contribution in [0.15, 0.2) is 0 Å². The molecule has 0 aliphatic heterocycles. The molecule has 1 nitrogen and oxygen atoms in total. The van der Waals surface area contributed by atoms with Gasteiger partial charge in [0.05, 0.1) is 0 Å². The summed E-state index contributed by atoms with van der Waals surface area (Å²) in [7, 11) is 0. The van der Waals surface area contributed by atoms with Crippen LogP contribution in [0.2, 0.25) is 0 Å². The third-order valence-electron chi connectivity index (χ3n) is 3.71. The lowest BCUT2D eigenvalue weighted by molar-refractivity contribution is 0.251. The first-order valence-corrected chi connectivity index (χ1v) is 5.42. The summed E-state index contributed by atoms with van der Waals surface area (Å²) in [6, 6.07) is 0.890. The van der Waals surface area contributed by atoms with E-state index in [-0.39, 0.29) is 0 Å². The molecule has 1 heteroatoms. The molecule has 0 heterocycles. The van der Waals surface area contributed by atoms with E-state index in [1.807, 2.05) is 0 Å². The Labute approximate surface area is 75.9 Å². The fourth-order valence-corrected chi connectivity index (χ4v) is 2.37. The zero-order valence-electron chi connectivity index (χ0n) is 8.40. The van der Waals surface area contributed by atoms with Crippen LogP contribution in [0, 0.1) is 11.3 Å². The Kier molecular flexibility index (Phi) is 2.16. The standard InChI is InChI=1S/C11H21N/c1-11(2)7-3-4-9(11)8-12-10-5-6-10/h9-10,12H,3-8H2,1-2H3. The first kappa shape index (κ1) is 8.55. The lowest BCUT2D eigenvalue weighted by atomic mass is 9.82. The quantitative estimate of drug-likeness (QED) is 0.681. The molecule has 70 valence electrons. The van der Waals surface area contributed by atoms with Crippen LogP contribution in [-0.2, 0) is 0 Å². The van der Waals surface area contributed by atoms with E-state index in [1.165, 1.54) is 38.6 Å². The molecular weight excluding hydrogens is 146 g/mol. The first-order valence-electron chi connectivity index (χ1n) is 5.42. The summed E-state index contributed by atoms with van der Waals surface area (Å²) in [5.74, 6) is 0.943. The van der Waals surface area contributed by atoms with Crippen LogP contribution in [0.1, 0.15) is 46.0 Å². The van der Waals surface area contributed by atoms with Crippen molar-refractivity contribution in [3.05, 3.63) is 0 Å². The molecule has 1 atom stereocenters. The average molecular weight is 167 g/mol. The summed E-state index contributed by atoms with van der Waals surface area (Å²) in [4.78, 5) is 0.